The molecule has 0 aliphatic heterocycles. The van der Waals surface area contributed by atoms with Gasteiger partial charge in [0.25, 0.3) is 0 Å². The number of aliphatic carboxylic acids is 1. The molecule has 4 nitrogen and oxygen atoms in total. The van der Waals surface area contributed by atoms with Crippen LogP contribution in [0.4, 0.5) is 0 Å². The number of hydrogen-bond donors (Lipinski definition) is 3. The van der Waals surface area contributed by atoms with Gasteiger partial charge in [0.2, 0.25) is 0 Å². The third-order valence-electron chi connectivity index (χ3n) is 1.31. The molecule has 2 unspecified atom stereocenters. The SMILES string of the molecule is CC(CN)CC(O)C(=O)O.Cl. The summed E-state index contributed by atoms with van der Waals surface area (Å²) in [6.07, 6.45) is -1.04. The Balaban J connectivity index is 0. The molecular weight excluding hydrogens is 170 g/mol. The second-order valence-corrected chi connectivity index (χ2v) is 2.43. The highest BCUT2D eigenvalue weighted by Crippen LogP contribution is 2.03. The minimum atomic E-state index is -1.27. The minimum Gasteiger partial charge on any atom is -0.479 e. The van der Waals surface area contributed by atoms with Gasteiger partial charge in [0.05, 0.1) is 0 Å². The third-order valence-corrected chi connectivity index (χ3v) is 1.31. The Labute approximate surface area is 71.8 Å². The zero-order valence-corrected chi connectivity index (χ0v) is 7.17. The fraction of sp³-hybridized carbons (Fsp3) is 0.833. The molecule has 0 aromatic rings. The monoisotopic (exact) mass is 183 g/mol. The lowest BCUT2D eigenvalue weighted by atomic mass is 10.0. The number of aliphatic hydroxyl groups excluding tert-OH is 1. The van der Waals surface area contributed by atoms with Gasteiger partial charge in [-0.2, -0.15) is 0 Å². The number of hydrogen-bond acceptors (Lipinski definition) is 3. The van der Waals surface area contributed by atoms with Crippen LogP contribution in [-0.4, -0.2) is 28.8 Å². The van der Waals surface area contributed by atoms with E-state index >= 15 is 0 Å². The van der Waals surface area contributed by atoms with Gasteiger partial charge in [-0.1, -0.05) is 6.92 Å². The number of halogens is 1. The van der Waals surface area contributed by atoms with E-state index in [0.717, 1.165) is 0 Å². The van der Waals surface area contributed by atoms with Crippen molar-refractivity contribution in [2.45, 2.75) is 19.4 Å². The molecule has 0 radical (unpaired) electrons. The van der Waals surface area contributed by atoms with Gasteiger partial charge in [-0.3, -0.25) is 0 Å². The molecule has 68 valence electrons. The van der Waals surface area contributed by atoms with Crippen LogP contribution >= 0.6 is 12.4 Å². The van der Waals surface area contributed by atoms with Gasteiger partial charge in [0.15, 0.2) is 6.10 Å². The lowest BCUT2D eigenvalue weighted by Crippen LogP contribution is -2.25. The molecule has 0 aliphatic rings. The van der Waals surface area contributed by atoms with Gasteiger partial charge < -0.3 is 15.9 Å². The highest BCUT2D eigenvalue weighted by atomic mass is 35.5. The Bertz CT molecular complexity index is 120. The highest BCUT2D eigenvalue weighted by molar-refractivity contribution is 5.85. The molecule has 0 heterocycles. The maximum Gasteiger partial charge on any atom is 0.332 e. The fourth-order valence-electron chi connectivity index (χ4n) is 0.578. The largest absolute Gasteiger partial charge is 0.479 e. The van der Waals surface area contributed by atoms with E-state index < -0.39 is 12.1 Å². The molecule has 0 bridgehead atoms. The summed E-state index contributed by atoms with van der Waals surface area (Å²) in [7, 11) is 0. The number of carboxylic acids is 1. The molecule has 0 aliphatic carbocycles. The standard InChI is InChI=1S/C6H13NO3.ClH/c1-4(3-7)2-5(8)6(9)10;/h4-5,8H,2-3,7H2,1H3,(H,9,10);1H. The zero-order valence-electron chi connectivity index (χ0n) is 6.36. The van der Waals surface area contributed by atoms with E-state index in [1.807, 2.05) is 0 Å². The quantitative estimate of drug-likeness (QED) is 0.566. The van der Waals surface area contributed by atoms with Crippen molar-refractivity contribution in [3.8, 4) is 0 Å². The van der Waals surface area contributed by atoms with Crippen LogP contribution < -0.4 is 5.73 Å². The number of rotatable bonds is 4. The average Bonchev–Trinajstić information content (AvgIpc) is 1.87. The van der Waals surface area contributed by atoms with Crippen molar-refractivity contribution in [2.75, 3.05) is 6.54 Å². The van der Waals surface area contributed by atoms with Crippen LogP contribution in [0.25, 0.3) is 0 Å². The molecule has 0 rings (SSSR count). The smallest absolute Gasteiger partial charge is 0.332 e. The van der Waals surface area contributed by atoms with Gasteiger partial charge in [-0.15, -0.1) is 12.4 Å². The van der Waals surface area contributed by atoms with Crippen molar-refractivity contribution in [1.82, 2.24) is 0 Å². The maximum absolute atomic E-state index is 10.1. The Morgan fingerprint density at radius 1 is 1.64 bits per heavy atom. The Kier molecular flexibility index (Phi) is 7.72. The predicted molar refractivity (Wildman–Crippen MR) is 43.7 cm³/mol. The fourth-order valence-corrected chi connectivity index (χ4v) is 0.578. The Morgan fingerprint density at radius 2 is 2.09 bits per heavy atom. The van der Waals surface area contributed by atoms with Crippen molar-refractivity contribution in [3.63, 3.8) is 0 Å². The summed E-state index contributed by atoms with van der Waals surface area (Å²) >= 11 is 0. The summed E-state index contributed by atoms with van der Waals surface area (Å²) in [6, 6.07) is 0. The van der Waals surface area contributed by atoms with E-state index in [2.05, 4.69) is 0 Å². The predicted octanol–water partition coefficient (Wildman–Crippen LogP) is -0.161. The molecular formula is C6H14ClNO3. The van der Waals surface area contributed by atoms with E-state index in [-0.39, 0.29) is 24.7 Å². The summed E-state index contributed by atoms with van der Waals surface area (Å²) in [4.78, 5) is 10.1. The molecule has 0 amide bonds. The van der Waals surface area contributed by atoms with Crippen molar-refractivity contribution in [3.05, 3.63) is 0 Å². The van der Waals surface area contributed by atoms with Gasteiger partial charge in [0, 0.05) is 0 Å². The summed E-state index contributed by atoms with van der Waals surface area (Å²) in [6.45, 7) is 2.20. The van der Waals surface area contributed by atoms with Crippen molar-refractivity contribution >= 4 is 18.4 Å². The highest BCUT2D eigenvalue weighted by Gasteiger charge is 2.15. The molecule has 4 N–H and O–H groups in total. The summed E-state index contributed by atoms with van der Waals surface area (Å²) in [5.74, 6) is -1.12. The van der Waals surface area contributed by atoms with Crippen LogP contribution in [0.2, 0.25) is 0 Å². The van der Waals surface area contributed by atoms with Crippen LogP contribution in [0.3, 0.4) is 0 Å². The molecule has 5 heteroatoms. The van der Waals surface area contributed by atoms with Gasteiger partial charge in [-0.05, 0) is 18.9 Å². The molecule has 0 fully saturated rings. The number of aliphatic hydroxyl groups is 1. The van der Waals surface area contributed by atoms with Crippen LogP contribution in [0.5, 0.6) is 0 Å². The van der Waals surface area contributed by atoms with Gasteiger partial charge in [0.1, 0.15) is 0 Å². The summed E-state index contributed by atoms with van der Waals surface area (Å²) in [5, 5.41) is 17.0. The first-order valence-electron chi connectivity index (χ1n) is 3.18. The molecule has 0 saturated carbocycles. The topological polar surface area (TPSA) is 83.5 Å². The van der Waals surface area contributed by atoms with Crippen molar-refractivity contribution < 1.29 is 15.0 Å². The Hall–Kier alpha value is -0.320. The average molecular weight is 184 g/mol. The minimum absolute atomic E-state index is 0. The first-order valence-corrected chi connectivity index (χ1v) is 3.18. The molecule has 0 aromatic heterocycles. The Morgan fingerprint density at radius 3 is 2.36 bits per heavy atom. The third kappa shape index (κ3) is 6.09. The van der Waals surface area contributed by atoms with Crippen LogP contribution in [0, 0.1) is 5.92 Å². The van der Waals surface area contributed by atoms with E-state index in [1.165, 1.54) is 0 Å². The lowest BCUT2D eigenvalue weighted by molar-refractivity contribution is -0.147. The van der Waals surface area contributed by atoms with Gasteiger partial charge in [-0.25, -0.2) is 4.79 Å². The number of carbonyl (C=O) groups is 1. The molecule has 11 heavy (non-hydrogen) atoms. The molecule has 0 spiro atoms. The second-order valence-electron chi connectivity index (χ2n) is 2.43. The van der Waals surface area contributed by atoms with Crippen LogP contribution in [0.1, 0.15) is 13.3 Å². The number of nitrogens with two attached hydrogens (primary N) is 1. The van der Waals surface area contributed by atoms with E-state index in [4.69, 9.17) is 15.9 Å². The summed E-state index contributed by atoms with van der Waals surface area (Å²) < 4.78 is 0. The van der Waals surface area contributed by atoms with Crippen molar-refractivity contribution in [2.24, 2.45) is 11.7 Å². The first-order chi connectivity index (χ1) is 4.57. The van der Waals surface area contributed by atoms with E-state index in [0.29, 0.717) is 6.54 Å². The normalized spacial score (nSPS) is 14.8. The second kappa shape index (κ2) is 6.39. The molecule has 0 saturated heterocycles. The zero-order chi connectivity index (χ0) is 8.15. The van der Waals surface area contributed by atoms with E-state index in [9.17, 15) is 4.79 Å². The van der Waals surface area contributed by atoms with Crippen LogP contribution in [-0.2, 0) is 4.79 Å². The number of carboxylic acid groups (broad SMARTS) is 1. The van der Waals surface area contributed by atoms with Crippen molar-refractivity contribution in [1.29, 1.82) is 0 Å². The van der Waals surface area contributed by atoms with Gasteiger partial charge >= 0.3 is 5.97 Å². The van der Waals surface area contributed by atoms with E-state index in [1.54, 1.807) is 6.92 Å². The molecule has 2 atom stereocenters. The molecule has 0 aromatic carbocycles. The van der Waals surface area contributed by atoms with Crippen LogP contribution in [0.15, 0.2) is 0 Å². The summed E-state index contributed by atoms with van der Waals surface area (Å²) in [5.41, 5.74) is 5.22. The lowest BCUT2D eigenvalue weighted by Gasteiger charge is -2.09. The maximum atomic E-state index is 10.1. The first kappa shape index (κ1) is 13.3.